The summed E-state index contributed by atoms with van der Waals surface area (Å²) in [4.78, 5) is 0. The zero-order valence-corrected chi connectivity index (χ0v) is 11.9. The van der Waals surface area contributed by atoms with Crippen LogP contribution in [0.5, 0.6) is 0 Å². The maximum atomic E-state index is 13.2. The minimum Gasteiger partial charge on any atom is -0.307 e. The maximum absolute atomic E-state index is 13.2. The first-order chi connectivity index (χ1) is 8.94. The minimum absolute atomic E-state index is 0.0206. The van der Waals surface area contributed by atoms with Crippen molar-refractivity contribution in [1.82, 2.24) is 5.32 Å². The van der Waals surface area contributed by atoms with Crippen LogP contribution in [0.15, 0.2) is 18.2 Å². The Hall–Kier alpha value is -0.960. The molecule has 0 spiro atoms. The van der Waals surface area contributed by atoms with Crippen molar-refractivity contribution in [1.29, 1.82) is 0 Å². The minimum atomic E-state index is -0.506. The molecule has 0 aliphatic heterocycles. The molecule has 0 radical (unpaired) electrons. The lowest BCUT2D eigenvalue weighted by Crippen LogP contribution is -2.37. The molecule has 19 heavy (non-hydrogen) atoms. The maximum Gasteiger partial charge on any atom is 0.126 e. The van der Waals surface area contributed by atoms with Crippen molar-refractivity contribution in [2.45, 2.75) is 52.1 Å². The Morgan fingerprint density at radius 2 is 1.53 bits per heavy atom. The number of hydrogen-bond acceptors (Lipinski definition) is 1. The van der Waals surface area contributed by atoms with Gasteiger partial charge < -0.3 is 5.32 Å². The van der Waals surface area contributed by atoms with E-state index in [4.69, 9.17) is 0 Å². The Kier molecular flexibility index (Phi) is 4.56. The lowest BCUT2D eigenvalue weighted by Gasteiger charge is -2.34. The van der Waals surface area contributed by atoms with Crippen molar-refractivity contribution < 1.29 is 8.78 Å². The van der Waals surface area contributed by atoms with E-state index < -0.39 is 11.6 Å². The predicted octanol–water partition coefficient (Wildman–Crippen LogP) is 4.44. The van der Waals surface area contributed by atoms with Gasteiger partial charge in [0.05, 0.1) is 0 Å². The van der Waals surface area contributed by atoms with Gasteiger partial charge in [-0.3, -0.25) is 0 Å². The van der Waals surface area contributed by atoms with E-state index in [1.165, 1.54) is 18.6 Å². The van der Waals surface area contributed by atoms with Crippen molar-refractivity contribution in [3.05, 3.63) is 35.4 Å². The van der Waals surface area contributed by atoms with E-state index in [9.17, 15) is 8.78 Å². The number of rotatable bonds is 3. The number of hydrogen-bond donors (Lipinski definition) is 1. The Labute approximate surface area is 114 Å². The summed E-state index contributed by atoms with van der Waals surface area (Å²) < 4.78 is 26.4. The average molecular weight is 267 g/mol. The molecule has 1 nitrogen and oxygen atoms in total. The van der Waals surface area contributed by atoms with Crippen LogP contribution in [0, 0.1) is 23.5 Å². The van der Waals surface area contributed by atoms with Gasteiger partial charge in [0.2, 0.25) is 0 Å². The fraction of sp³-hybridized carbons (Fsp3) is 0.625. The summed E-state index contributed by atoms with van der Waals surface area (Å²) in [5, 5.41) is 3.52. The van der Waals surface area contributed by atoms with Crippen LogP contribution in [0.4, 0.5) is 8.78 Å². The number of benzene rings is 1. The third-order valence-electron chi connectivity index (χ3n) is 4.05. The van der Waals surface area contributed by atoms with E-state index in [2.05, 4.69) is 19.2 Å². The Balaban J connectivity index is 2.01. The van der Waals surface area contributed by atoms with Gasteiger partial charge in [-0.2, -0.15) is 0 Å². The highest BCUT2D eigenvalue weighted by Crippen LogP contribution is 2.30. The molecule has 0 amide bonds. The largest absolute Gasteiger partial charge is 0.307 e. The molecule has 1 aliphatic carbocycles. The lowest BCUT2D eigenvalue weighted by molar-refractivity contribution is 0.228. The number of nitrogens with one attached hydrogen (secondary N) is 1. The summed E-state index contributed by atoms with van der Waals surface area (Å²) in [6.45, 7) is 6.52. The van der Waals surface area contributed by atoms with E-state index in [-0.39, 0.29) is 6.04 Å². The van der Waals surface area contributed by atoms with Crippen LogP contribution in [-0.4, -0.2) is 6.04 Å². The van der Waals surface area contributed by atoms with Gasteiger partial charge >= 0.3 is 0 Å². The van der Waals surface area contributed by atoms with Crippen molar-refractivity contribution in [3.63, 3.8) is 0 Å². The van der Waals surface area contributed by atoms with Gasteiger partial charge in [-0.15, -0.1) is 0 Å². The fourth-order valence-electron chi connectivity index (χ4n) is 3.36. The fourth-order valence-corrected chi connectivity index (χ4v) is 3.36. The summed E-state index contributed by atoms with van der Waals surface area (Å²) in [7, 11) is 0. The molecule has 0 bridgehead atoms. The topological polar surface area (TPSA) is 12.0 Å². The summed E-state index contributed by atoms with van der Waals surface area (Å²) in [5.41, 5.74) is 0.684. The molecule has 0 heterocycles. The molecule has 2 rings (SSSR count). The Morgan fingerprint density at radius 3 is 2.05 bits per heavy atom. The van der Waals surface area contributed by atoms with Crippen LogP contribution >= 0.6 is 0 Å². The molecular weight excluding hydrogens is 244 g/mol. The second-order valence-corrected chi connectivity index (χ2v) is 6.21. The first-order valence-corrected chi connectivity index (χ1v) is 7.16. The average Bonchev–Trinajstić information content (AvgIpc) is 2.25. The molecule has 1 aromatic rings. The van der Waals surface area contributed by atoms with Gasteiger partial charge in [-0.1, -0.05) is 13.8 Å². The zero-order chi connectivity index (χ0) is 14.0. The monoisotopic (exact) mass is 267 g/mol. The lowest BCUT2D eigenvalue weighted by atomic mass is 9.80. The second kappa shape index (κ2) is 6.00. The zero-order valence-electron chi connectivity index (χ0n) is 11.9. The van der Waals surface area contributed by atoms with E-state index in [0.717, 1.165) is 30.7 Å². The highest BCUT2D eigenvalue weighted by atomic mass is 19.1. The smallest absolute Gasteiger partial charge is 0.126 e. The first kappa shape index (κ1) is 14.4. The van der Waals surface area contributed by atoms with E-state index in [0.29, 0.717) is 11.6 Å². The predicted molar refractivity (Wildman–Crippen MR) is 73.9 cm³/mol. The van der Waals surface area contributed by atoms with Crippen LogP contribution < -0.4 is 5.32 Å². The summed E-state index contributed by atoms with van der Waals surface area (Å²) in [6, 6.07) is 4.17. The SMILES string of the molecule is CC1CC(C)CC(NC(C)c2cc(F)cc(F)c2)C1. The Morgan fingerprint density at radius 1 is 1.00 bits per heavy atom. The molecule has 1 fully saturated rings. The molecule has 3 heteroatoms. The van der Waals surface area contributed by atoms with Crippen LogP contribution in [0.1, 0.15) is 51.6 Å². The third-order valence-corrected chi connectivity index (χ3v) is 4.05. The highest BCUT2D eigenvalue weighted by Gasteiger charge is 2.25. The molecule has 0 aromatic heterocycles. The van der Waals surface area contributed by atoms with Gasteiger partial charge in [0.1, 0.15) is 11.6 Å². The van der Waals surface area contributed by atoms with Gasteiger partial charge in [-0.25, -0.2) is 8.78 Å². The molecule has 1 N–H and O–H groups in total. The summed E-state index contributed by atoms with van der Waals surface area (Å²) >= 11 is 0. The van der Waals surface area contributed by atoms with E-state index in [1.54, 1.807) is 0 Å². The molecule has 1 aromatic carbocycles. The first-order valence-electron chi connectivity index (χ1n) is 7.16. The van der Waals surface area contributed by atoms with Crippen molar-refractivity contribution in [2.24, 2.45) is 11.8 Å². The third kappa shape index (κ3) is 4.00. The van der Waals surface area contributed by atoms with Crippen molar-refractivity contribution in [2.75, 3.05) is 0 Å². The Bertz CT molecular complexity index is 403. The van der Waals surface area contributed by atoms with Crippen LogP contribution in [0.2, 0.25) is 0 Å². The molecule has 106 valence electrons. The van der Waals surface area contributed by atoms with Crippen molar-refractivity contribution in [3.8, 4) is 0 Å². The van der Waals surface area contributed by atoms with Crippen molar-refractivity contribution >= 4 is 0 Å². The van der Waals surface area contributed by atoms with E-state index >= 15 is 0 Å². The van der Waals surface area contributed by atoms with Gasteiger partial charge in [0, 0.05) is 18.2 Å². The highest BCUT2D eigenvalue weighted by molar-refractivity contribution is 5.21. The quantitative estimate of drug-likeness (QED) is 0.853. The molecule has 0 saturated heterocycles. The normalized spacial score (nSPS) is 29.2. The van der Waals surface area contributed by atoms with Gasteiger partial charge in [-0.05, 0) is 55.7 Å². The van der Waals surface area contributed by atoms with Crippen LogP contribution in [0.3, 0.4) is 0 Å². The van der Waals surface area contributed by atoms with Crippen LogP contribution in [-0.2, 0) is 0 Å². The van der Waals surface area contributed by atoms with Gasteiger partial charge in [0.15, 0.2) is 0 Å². The van der Waals surface area contributed by atoms with E-state index in [1.807, 2.05) is 6.92 Å². The number of halogens is 2. The summed E-state index contributed by atoms with van der Waals surface area (Å²) in [6.07, 6.45) is 3.57. The molecule has 3 atom stereocenters. The molecule has 1 saturated carbocycles. The molecular formula is C16H23F2N. The van der Waals surface area contributed by atoms with Crippen LogP contribution in [0.25, 0.3) is 0 Å². The molecule has 1 aliphatic rings. The van der Waals surface area contributed by atoms with Gasteiger partial charge in [0.25, 0.3) is 0 Å². The summed E-state index contributed by atoms with van der Waals surface area (Å²) in [5.74, 6) is 0.429. The standard InChI is InChI=1S/C16H23F2N/c1-10-4-11(2)6-16(5-10)19-12(3)13-7-14(17)9-15(18)8-13/h7-12,16,19H,4-6H2,1-3H3. The molecule has 3 unspecified atom stereocenters. The second-order valence-electron chi connectivity index (χ2n) is 6.21.